The highest BCUT2D eigenvalue weighted by Crippen LogP contribution is 2.64. The second-order valence-corrected chi connectivity index (χ2v) is 9.83. The molecule has 2 heteroatoms. The molecule has 2 saturated carbocycles. The van der Waals surface area contributed by atoms with Gasteiger partial charge in [0.25, 0.3) is 0 Å². The molecular formula is C24H36O2. The number of rotatable bonds is 4. The van der Waals surface area contributed by atoms with Crippen LogP contribution in [0.25, 0.3) is 0 Å². The minimum atomic E-state index is -0.0697. The van der Waals surface area contributed by atoms with Crippen LogP contribution in [0.5, 0.6) is 0 Å². The van der Waals surface area contributed by atoms with Crippen molar-refractivity contribution in [2.45, 2.75) is 84.5 Å². The quantitative estimate of drug-likeness (QED) is 0.441. The van der Waals surface area contributed by atoms with E-state index in [4.69, 9.17) is 4.74 Å². The van der Waals surface area contributed by atoms with Crippen molar-refractivity contribution in [1.29, 1.82) is 0 Å². The maximum absolute atomic E-state index is 11.5. The molecule has 0 aromatic heterocycles. The van der Waals surface area contributed by atoms with Crippen molar-refractivity contribution in [3.63, 3.8) is 0 Å². The summed E-state index contributed by atoms with van der Waals surface area (Å²) < 4.78 is 4.81. The van der Waals surface area contributed by atoms with E-state index in [1.54, 1.807) is 5.57 Å². The Balaban J connectivity index is 1.51. The van der Waals surface area contributed by atoms with Crippen LogP contribution in [0.3, 0.4) is 0 Å². The standard InChI is InChI=1S/C24H36O2/c1-23-15-5-4-7-17(23)10-12-19-20-13-11-18(8-6-9-22(25)26-3)24(20,2)16-14-21(19)23/h11,14,17,19-20H,4-10,12-13,15-16H2,1-3H3. The molecule has 0 heterocycles. The van der Waals surface area contributed by atoms with E-state index < -0.39 is 0 Å². The van der Waals surface area contributed by atoms with Crippen LogP contribution in [0.4, 0.5) is 0 Å². The van der Waals surface area contributed by atoms with Gasteiger partial charge in [0.05, 0.1) is 7.11 Å². The molecule has 0 aromatic carbocycles. The van der Waals surface area contributed by atoms with Gasteiger partial charge in [0, 0.05) is 6.42 Å². The van der Waals surface area contributed by atoms with Crippen molar-refractivity contribution in [3.05, 3.63) is 23.3 Å². The first kappa shape index (κ1) is 18.3. The summed E-state index contributed by atoms with van der Waals surface area (Å²) in [5, 5.41) is 0. The van der Waals surface area contributed by atoms with Crippen molar-refractivity contribution in [2.75, 3.05) is 7.11 Å². The number of allylic oxidation sites excluding steroid dienone is 4. The fourth-order valence-corrected chi connectivity index (χ4v) is 7.14. The number of esters is 1. The second-order valence-electron chi connectivity index (χ2n) is 9.83. The molecule has 2 fully saturated rings. The van der Waals surface area contributed by atoms with Gasteiger partial charge >= 0.3 is 5.97 Å². The average molecular weight is 357 g/mol. The largest absolute Gasteiger partial charge is 0.469 e. The van der Waals surface area contributed by atoms with Gasteiger partial charge in [-0.3, -0.25) is 4.79 Å². The van der Waals surface area contributed by atoms with E-state index in [0.29, 0.717) is 17.3 Å². The van der Waals surface area contributed by atoms with Crippen LogP contribution < -0.4 is 0 Å². The van der Waals surface area contributed by atoms with Crippen molar-refractivity contribution in [3.8, 4) is 0 Å². The SMILES string of the molecule is COC(=O)CCCC1=CCC2C3CCC4CCCCC4(C)C3=CCC12C. The first-order valence-corrected chi connectivity index (χ1v) is 11.0. The number of ether oxygens (including phenoxy) is 1. The number of hydrogen-bond donors (Lipinski definition) is 0. The predicted octanol–water partition coefficient (Wildman–Crippen LogP) is 6.22. The highest BCUT2D eigenvalue weighted by molar-refractivity contribution is 5.69. The first-order chi connectivity index (χ1) is 12.5. The molecule has 4 rings (SSSR count). The van der Waals surface area contributed by atoms with Gasteiger partial charge in [0.15, 0.2) is 0 Å². The van der Waals surface area contributed by atoms with Crippen LogP contribution in [0, 0.1) is 28.6 Å². The van der Waals surface area contributed by atoms with Gasteiger partial charge in [0.2, 0.25) is 0 Å². The Hall–Kier alpha value is -1.05. The van der Waals surface area contributed by atoms with Gasteiger partial charge in [-0.05, 0) is 80.0 Å². The Morgan fingerprint density at radius 2 is 2.00 bits per heavy atom. The van der Waals surface area contributed by atoms with E-state index in [2.05, 4.69) is 26.0 Å². The fourth-order valence-electron chi connectivity index (χ4n) is 7.14. The van der Waals surface area contributed by atoms with E-state index in [1.807, 2.05) is 5.57 Å². The summed E-state index contributed by atoms with van der Waals surface area (Å²) in [6.07, 6.45) is 18.9. The van der Waals surface area contributed by atoms with E-state index >= 15 is 0 Å². The Morgan fingerprint density at radius 1 is 1.15 bits per heavy atom. The van der Waals surface area contributed by atoms with Crippen molar-refractivity contribution < 1.29 is 9.53 Å². The molecule has 144 valence electrons. The van der Waals surface area contributed by atoms with Crippen molar-refractivity contribution >= 4 is 5.97 Å². The second kappa shape index (κ2) is 6.84. The topological polar surface area (TPSA) is 26.3 Å². The lowest BCUT2D eigenvalue weighted by Crippen LogP contribution is -2.46. The highest BCUT2D eigenvalue weighted by atomic mass is 16.5. The molecule has 0 bridgehead atoms. The molecular weight excluding hydrogens is 320 g/mol. The van der Waals surface area contributed by atoms with Gasteiger partial charge in [-0.2, -0.15) is 0 Å². The molecule has 0 aromatic rings. The lowest BCUT2D eigenvalue weighted by Gasteiger charge is -2.56. The zero-order valence-corrected chi connectivity index (χ0v) is 17.0. The Labute approximate surface area is 159 Å². The zero-order chi connectivity index (χ0) is 18.4. The molecule has 26 heavy (non-hydrogen) atoms. The lowest BCUT2D eigenvalue weighted by atomic mass is 9.49. The van der Waals surface area contributed by atoms with Crippen LogP contribution in [-0.2, 0) is 9.53 Å². The highest BCUT2D eigenvalue weighted by Gasteiger charge is 2.54. The summed E-state index contributed by atoms with van der Waals surface area (Å²) in [6.45, 7) is 5.11. The summed E-state index contributed by atoms with van der Waals surface area (Å²) in [5.74, 6) is 2.48. The number of fused-ring (bicyclic) bond motifs is 5. The van der Waals surface area contributed by atoms with Crippen LogP contribution >= 0.6 is 0 Å². The fraction of sp³-hybridized carbons (Fsp3) is 0.792. The molecule has 0 radical (unpaired) electrons. The third-order valence-corrected chi connectivity index (χ3v) is 8.74. The monoisotopic (exact) mass is 356 g/mol. The summed E-state index contributed by atoms with van der Waals surface area (Å²) in [7, 11) is 1.49. The number of carbonyl (C=O) groups is 1. The third kappa shape index (κ3) is 2.79. The molecule has 5 atom stereocenters. The normalized spacial score (nSPS) is 41.4. The van der Waals surface area contributed by atoms with E-state index in [9.17, 15) is 4.79 Å². The smallest absolute Gasteiger partial charge is 0.305 e. The van der Waals surface area contributed by atoms with Gasteiger partial charge in [0.1, 0.15) is 0 Å². The van der Waals surface area contributed by atoms with Crippen LogP contribution in [0.1, 0.15) is 84.5 Å². The molecule has 0 spiro atoms. The molecule has 2 nitrogen and oxygen atoms in total. The summed E-state index contributed by atoms with van der Waals surface area (Å²) >= 11 is 0. The molecule has 4 aliphatic rings. The molecule has 5 unspecified atom stereocenters. The van der Waals surface area contributed by atoms with E-state index in [-0.39, 0.29) is 5.97 Å². The zero-order valence-electron chi connectivity index (χ0n) is 17.0. The van der Waals surface area contributed by atoms with Crippen LogP contribution in [0.2, 0.25) is 0 Å². The molecule has 4 aliphatic carbocycles. The Morgan fingerprint density at radius 3 is 2.81 bits per heavy atom. The maximum atomic E-state index is 11.5. The number of methoxy groups -OCH3 is 1. The number of carbonyl (C=O) groups excluding carboxylic acids is 1. The Kier molecular flexibility index (Phi) is 4.82. The van der Waals surface area contributed by atoms with Gasteiger partial charge in [-0.25, -0.2) is 0 Å². The maximum Gasteiger partial charge on any atom is 0.305 e. The van der Waals surface area contributed by atoms with Gasteiger partial charge in [-0.15, -0.1) is 0 Å². The summed E-state index contributed by atoms with van der Waals surface area (Å²) in [4.78, 5) is 11.5. The van der Waals surface area contributed by atoms with Gasteiger partial charge in [-0.1, -0.05) is 50.0 Å². The first-order valence-electron chi connectivity index (χ1n) is 11.0. The number of hydrogen-bond acceptors (Lipinski definition) is 2. The van der Waals surface area contributed by atoms with Crippen molar-refractivity contribution in [2.24, 2.45) is 28.6 Å². The average Bonchev–Trinajstić information content (AvgIpc) is 2.97. The molecule has 0 N–H and O–H groups in total. The molecule has 0 amide bonds. The Bertz CT molecular complexity index is 630. The van der Waals surface area contributed by atoms with E-state index in [0.717, 1.165) is 30.6 Å². The van der Waals surface area contributed by atoms with E-state index in [1.165, 1.54) is 58.5 Å². The molecule has 0 saturated heterocycles. The van der Waals surface area contributed by atoms with Gasteiger partial charge < -0.3 is 4.74 Å². The van der Waals surface area contributed by atoms with Crippen LogP contribution in [0.15, 0.2) is 23.3 Å². The molecule has 0 aliphatic heterocycles. The third-order valence-electron chi connectivity index (χ3n) is 8.74. The predicted molar refractivity (Wildman–Crippen MR) is 106 cm³/mol. The minimum absolute atomic E-state index is 0.0697. The lowest BCUT2D eigenvalue weighted by molar-refractivity contribution is -0.140. The minimum Gasteiger partial charge on any atom is -0.469 e. The van der Waals surface area contributed by atoms with Crippen molar-refractivity contribution in [1.82, 2.24) is 0 Å². The van der Waals surface area contributed by atoms with Crippen LogP contribution in [-0.4, -0.2) is 13.1 Å². The summed E-state index contributed by atoms with van der Waals surface area (Å²) in [6, 6.07) is 0. The summed E-state index contributed by atoms with van der Waals surface area (Å²) in [5.41, 5.74) is 4.30.